The van der Waals surface area contributed by atoms with Crippen LogP contribution in [-0.2, 0) is 11.0 Å². The molecule has 0 radical (unpaired) electrons. The van der Waals surface area contributed by atoms with Crippen molar-refractivity contribution in [3.8, 4) is 5.75 Å². The summed E-state index contributed by atoms with van der Waals surface area (Å²) in [7, 11) is 0. The molecule has 2 saturated heterocycles. The molecule has 3 aliphatic rings. The first kappa shape index (κ1) is 28.1. The van der Waals surface area contributed by atoms with E-state index < -0.39 is 35.7 Å². The number of benzene rings is 2. The van der Waals surface area contributed by atoms with E-state index in [-0.39, 0.29) is 48.0 Å². The summed E-state index contributed by atoms with van der Waals surface area (Å²) in [5.41, 5.74) is 0.0983. The maximum Gasteiger partial charge on any atom is 0.420 e. The van der Waals surface area contributed by atoms with E-state index in [2.05, 4.69) is 11.8 Å². The zero-order chi connectivity index (χ0) is 28.1. The van der Waals surface area contributed by atoms with Gasteiger partial charge in [-0.3, -0.25) is 9.69 Å². The highest BCUT2D eigenvalue weighted by Crippen LogP contribution is 2.47. The number of nitrogens with zero attached hydrogens (tertiary/aromatic N) is 1. The summed E-state index contributed by atoms with van der Waals surface area (Å²) in [6.07, 6.45) is -0.301. The summed E-state index contributed by atoms with van der Waals surface area (Å²) in [5.74, 6) is -4.92. The predicted molar refractivity (Wildman–Crippen MR) is 138 cm³/mol. The van der Waals surface area contributed by atoms with Crippen LogP contribution in [0.1, 0.15) is 88.8 Å². The first-order valence-electron chi connectivity index (χ1n) is 14.0. The molecule has 0 aromatic heterocycles. The van der Waals surface area contributed by atoms with E-state index >= 15 is 0 Å². The predicted octanol–water partition coefficient (Wildman–Crippen LogP) is 8.23. The van der Waals surface area contributed by atoms with Gasteiger partial charge < -0.3 is 9.84 Å². The number of hydrogen-bond acceptors (Lipinski definition) is 3. The van der Waals surface area contributed by atoms with Gasteiger partial charge >= 0.3 is 12.1 Å². The molecule has 1 aliphatic carbocycles. The molecule has 39 heavy (non-hydrogen) atoms. The number of carbonyl (C=O) groups is 1. The Kier molecular flexibility index (Phi) is 7.59. The number of ether oxygens (including phenoxy) is 1. The van der Waals surface area contributed by atoms with E-state index in [1.165, 1.54) is 12.1 Å². The van der Waals surface area contributed by atoms with Gasteiger partial charge in [0.15, 0.2) is 0 Å². The molecule has 2 aliphatic heterocycles. The van der Waals surface area contributed by atoms with Gasteiger partial charge in [0.2, 0.25) is 5.92 Å². The summed E-state index contributed by atoms with van der Waals surface area (Å²) < 4.78 is 76.2. The molecule has 2 aromatic carbocycles. The fourth-order valence-corrected chi connectivity index (χ4v) is 7.34. The summed E-state index contributed by atoms with van der Waals surface area (Å²) in [6, 6.07) is 8.42. The molecular weight excluding hydrogens is 517 g/mol. The Morgan fingerprint density at radius 2 is 1.64 bits per heavy atom. The van der Waals surface area contributed by atoms with E-state index in [1.54, 1.807) is 12.1 Å². The van der Waals surface area contributed by atoms with Gasteiger partial charge in [-0.2, -0.15) is 13.2 Å². The van der Waals surface area contributed by atoms with E-state index in [4.69, 9.17) is 4.74 Å². The molecule has 0 amide bonds. The maximum absolute atomic E-state index is 14.3. The van der Waals surface area contributed by atoms with Gasteiger partial charge in [0, 0.05) is 24.0 Å². The average molecular weight is 554 g/mol. The fraction of sp³-hybridized carbons (Fsp3) is 0.633. The lowest BCUT2D eigenvalue weighted by molar-refractivity contribution is -0.145. The molecule has 0 spiro atoms. The van der Waals surface area contributed by atoms with Crippen LogP contribution < -0.4 is 4.74 Å². The normalized spacial score (nSPS) is 28.9. The molecule has 5 rings (SSSR count). The highest BCUT2D eigenvalue weighted by Gasteiger charge is 2.46. The quantitative estimate of drug-likeness (QED) is 0.351. The number of hydrogen-bond donors (Lipinski definition) is 1. The van der Waals surface area contributed by atoms with Gasteiger partial charge in [0.1, 0.15) is 11.3 Å². The largest absolute Gasteiger partial charge is 0.490 e. The highest BCUT2D eigenvalue weighted by atomic mass is 19.4. The molecule has 2 aromatic rings. The van der Waals surface area contributed by atoms with E-state index in [1.807, 2.05) is 6.07 Å². The van der Waals surface area contributed by atoms with Crippen LogP contribution in [0.4, 0.5) is 22.0 Å². The Morgan fingerprint density at radius 3 is 2.18 bits per heavy atom. The van der Waals surface area contributed by atoms with Crippen LogP contribution in [0.15, 0.2) is 30.3 Å². The van der Waals surface area contributed by atoms with E-state index in [0.29, 0.717) is 31.1 Å². The zero-order valence-electron chi connectivity index (χ0n) is 22.3. The Morgan fingerprint density at radius 1 is 1.00 bits per heavy atom. The average Bonchev–Trinajstić information content (AvgIpc) is 3.11. The summed E-state index contributed by atoms with van der Waals surface area (Å²) in [5, 5.41) is 10.1. The first-order valence-corrected chi connectivity index (χ1v) is 14.0. The lowest BCUT2D eigenvalue weighted by Gasteiger charge is -2.42. The molecule has 3 atom stereocenters. The maximum atomic E-state index is 14.3. The first-order chi connectivity index (χ1) is 18.4. The molecule has 3 unspecified atom stereocenters. The van der Waals surface area contributed by atoms with Crippen LogP contribution in [0, 0.1) is 11.8 Å². The second-order valence-electron chi connectivity index (χ2n) is 11.7. The second kappa shape index (κ2) is 10.5. The smallest absolute Gasteiger partial charge is 0.420 e. The Balaban J connectivity index is 1.41. The molecule has 9 heteroatoms. The number of piperidine rings is 1. The number of alkyl halides is 5. The molecule has 2 heterocycles. The van der Waals surface area contributed by atoms with E-state index in [9.17, 15) is 31.9 Å². The number of carboxylic acid groups (broad SMARTS) is 1. The molecule has 3 fully saturated rings. The topological polar surface area (TPSA) is 49.8 Å². The van der Waals surface area contributed by atoms with Crippen LogP contribution in [0.5, 0.6) is 5.75 Å². The van der Waals surface area contributed by atoms with Crippen molar-refractivity contribution in [1.82, 2.24) is 4.90 Å². The van der Waals surface area contributed by atoms with Crippen LogP contribution in [0.25, 0.3) is 10.8 Å². The standard InChI is InChI=1S/C30H36F5NO3/c1-3-25(36-21-8-9-22(36)16-19(15-21)28(37)38)18-4-12-24-17(14-18)5-13-26(27(24)30(33,34)35)39-23-10-6-20(7-11-23)29(2,31)32/h4-5,12-14,19-23,25H,3,6-11,15-16H2,1-2H3,(H,37,38)/t19?,20-,21?,22?,23+,25?. The Bertz CT molecular complexity index is 1190. The zero-order valence-corrected chi connectivity index (χ0v) is 22.3. The van der Waals surface area contributed by atoms with Crippen molar-refractivity contribution in [1.29, 1.82) is 0 Å². The summed E-state index contributed by atoms with van der Waals surface area (Å²) in [4.78, 5) is 14.0. The van der Waals surface area contributed by atoms with Crippen molar-refractivity contribution in [2.24, 2.45) is 11.8 Å². The van der Waals surface area contributed by atoms with Gasteiger partial charge in [0.25, 0.3) is 0 Å². The molecule has 4 nitrogen and oxygen atoms in total. The van der Waals surface area contributed by atoms with Crippen molar-refractivity contribution < 1.29 is 36.6 Å². The third kappa shape index (κ3) is 5.61. The summed E-state index contributed by atoms with van der Waals surface area (Å²) >= 11 is 0. The second-order valence-corrected chi connectivity index (χ2v) is 11.7. The fourth-order valence-electron chi connectivity index (χ4n) is 7.34. The van der Waals surface area contributed by atoms with Gasteiger partial charge in [0.05, 0.1) is 12.0 Å². The van der Waals surface area contributed by atoms with Gasteiger partial charge in [-0.15, -0.1) is 0 Å². The van der Waals surface area contributed by atoms with Crippen molar-refractivity contribution in [2.45, 2.75) is 108 Å². The van der Waals surface area contributed by atoms with Crippen LogP contribution in [0.2, 0.25) is 0 Å². The van der Waals surface area contributed by atoms with Crippen molar-refractivity contribution in [3.63, 3.8) is 0 Å². The number of aliphatic carboxylic acids is 1. The third-order valence-electron chi connectivity index (χ3n) is 9.24. The monoisotopic (exact) mass is 553 g/mol. The van der Waals surface area contributed by atoms with Crippen molar-refractivity contribution in [3.05, 3.63) is 41.5 Å². The molecule has 214 valence electrons. The number of carboxylic acids is 1. The minimum absolute atomic E-state index is 0.00112. The molecule has 1 N–H and O–H groups in total. The highest BCUT2D eigenvalue weighted by molar-refractivity contribution is 5.89. The Labute approximate surface area is 225 Å². The molecule has 1 saturated carbocycles. The molecule has 2 bridgehead atoms. The minimum Gasteiger partial charge on any atom is -0.490 e. The third-order valence-corrected chi connectivity index (χ3v) is 9.24. The lowest BCUT2D eigenvalue weighted by Crippen LogP contribution is -2.46. The van der Waals surface area contributed by atoms with Crippen LogP contribution in [0.3, 0.4) is 0 Å². The van der Waals surface area contributed by atoms with Gasteiger partial charge in [-0.05, 0) is 93.2 Å². The van der Waals surface area contributed by atoms with Crippen molar-refractivity contribution >= 4 is 16.7 Å². The lowest BCUT2D eigenvalue weighted by atomic mass is 9.83. The SMILES string of the molecule is CCC(c1ccc2c(C(F)(F)F)c(O[C@H]3CC[C@@H](C(C)(F)F)CC3)ccc2c1)N1C2CCC1CC(C(=O)O)C2. The number of fused-ring (bicyclic) bond motifs is 3. The van der Waals surface area contributed by atoms with Crippen LogP contribution >= 0.6 is 0 Å². The molecular formula is C30H36F5NO3. The van der Waals surface area contributed by atoms with E-state index in [0.717, 1.165) is 31.7 Å². The number of rotatable bonds is 7. The minimum atomic E-state index is -4.65. The summed E-state index contributed by atoms with van der Waals surface area (Å²) in [6.45, 7) is 2.95. The number of halogens is 5. The van der Waals surface area contributed by atoms with Gasteiger partial charge in [-0.25, -0.2) is 8.78 Å². The Hall–Kier alpha value is -2.42. The van der Waals surface area contributed by atoms with Crippen molar-refractivity contribution in [2.75, 3.05) is 0 Å². The van der Waals surface area contributed by atoms with Crippen LogP contribution in [-0.4, -0.2) is 40.1 Å². The van der Waals surface area contributed by atoms with Gasteiger partial charge in [-0.1, -0.05) is 25.1 Å².